The molecule has 10 nitrogen and oxygen atoms in total. The van der Waals surface area contributed by atoms with E-state index in [9.17, 15) is 4.79 Å². The van der Waals surface area contributed by atoms with Crippen LogP contribution in [0.4, 0.5) is 5.69 Å². The Hall–Kier alpha value is -4.64. The Morgan fingerprint density at radius 3 is 1.71 bits per heavy atom. The first-order chi connectivity index (χ1) is 20.6. The number of nitrogens with one attached hydrogen (secondary N) is 1. The predicted octanol–water partition coefficient (Wildman–Crippen LogP) is 3.70. The van der Waals surface area contributed by atoms with Gasteiger partial charge >= 0.3 is 0 Å². The van der Waals surface area contributed by atoms with Crippen molar-refractivity contribution in [3.8, 4) is 23.7 Å². The molecule has 0 unspecified atom stereocenters. The number of benzene rings is 3. The van der Waals surface area contributed by atoms with Crippen LogP contribution in [0.25, 0.3) is 10.4 Å². The van der Waals surface area contributed by atoms with Gasteiger partial charge in [-0.25, -0.2) is 0 Å². The molecule has 0 aliphatic rings. The van der Waals surface area contributed by atoms with Gasteiger partial charge in [-0.05, 0) is 59.1 Å². The quantitative estimate of drug-likeness (QED) is 0.0888. The van der Waals surface area contributed by atoms with Crippen LogP contribution in [-0.4, -0.2) is 52.0 Å². The first-order valence-corrected chi connectivity index (χ1v) is 13.4. The number of nitrogens with two attached hydrogens (primary N) is 2. The lowest BCUT2D eigenvalue weighted by atomic mass is 10.1. The third-order valence-corrected chi connectivity index (χ3v) is 5.52. The zero-order valence-electron chi connectivity index (χ0n) is 23.3. The number of rotatable bonds is 14. The average Bonchev–Trinajstić information content (AvgIpc) is 3.00. The molecule has 3 rings (SSSR count). The van der Waals surface area contributed by atoms with Crippen molar-refractivity contribution in [3.63, 3.8) is 0 Å². The zero-order valence-corrected chi connectivity index (χ0v) is 23.3. The van der Waals surface area contributed by atoms with Crippen molar-refractivity contribution in [1.29, 1.82) is 0 Å². The van der Waals surface area contributed by atoms with E-state index in [0.29, 0.717) is 56.3 Å². The topological polar surface area (TPSA) is 158 Å². The van der Waals surface area contributed by atoms with Crippen molar-refractivity contribution in [2.45, 2.75) is 13.2 Å². The fourth-order valence-corrected chi connectivity index (χ4v) is 3.56. The van der Waals surface area contributed by atoms with Gasteiger partial charge < -0.3 is 31.0 Å². The van der Waals surface area contributed by atoms with Crippen molar-refractivity contribution in [3.05, 3.63) is 111 Å². The summed E-state index contributed by atoms with van der Waals surface area (Å²) in [6.45, 7) is 3.10. The Balaban J connectivity index is 1.77. The maximum absolute atomic E-state index is 12.4. The van der Waals surface area contributed by atoms with E-state index >= 15 is 0 Å². The van der Waals surface area contributed by atoms with Crippen LogP contribution in [0.3, 0.4) is 0 Å². The van der Waals surface area contributed by atoms with Crippen LogP contribution < -0.4 is 16.8 Å². The Labute approximate surface area is 246 Å². The lowest BCUT2D eigenvalue weighted by molar-refractivity contribution is -0.120. The van der Waals surface area contributed by atoms with Crippen molar-refractivity contribution < 1.29 is 19.0 Å². The van der Waals surface area contributed by atoms with E-state index in [4.69, 9.17) is 31.2 Å². The molecule has 0 heterocycles. The van der Waals surface area contributed by atoms with E-state index in [1.807, 2.05) is 54.6 Å². The van der Waals surface area contributed by atoms with Gasteiger partial charge in [0.25, 0.3) is 0 Å². The number of amides is 1. The number of hydrogen-bond acceptors (Lipinski definition) is 7. The molecule has 0 atom stereocenters. The first kappa shape index (κ1) is 31.9. The summed E-state index contributed by atoms with van der Waals surface area (Å²) in [6, 6.07) is 21.0. The number of anilines is 1. The molecule has 0 saturated heterocycles. The van der Waals surface area contributed by atoms with Crippen molar-refractivity contribution >= 4 is 11.6 Å². The summed E-state index contributed by atoms with van der Waals surface area (Å²) in [6.07, 6.45) is 0. The molecule has 42 heavy (non-hydrogen) atoms. The molecule has 5 N–H and O–H groups in total. The van der Waals surface area contributed by atoms with E-state index in [1.54, 1.807) is 12.1 Å². The van der Waals surface area contributed by atoms with E-state index in [0.717, 1.165) is 22.3 Å². The SMILES string of the molecule is [N-]=[N+]=NCCOCC(=O)Nc1cc(C#Cc2ccc(COCCN)cc2)cc(C#Cc2ccc(COCCN)cc2)c1. The molecule has 216 valence electrons. The smallest absolute Gasteiger partial charge is 0.250 e. The second-order valence-electron chi connectivity index (χ2n) is 8.93. The minimum Gasteiger partial charge on any atom is -0.375 e. The molecule has 0 fully saturated rings. The number of carbonyl (C=O) groups is 1. The summed E-state index contributed by atoms with van der Waals surface area (Å²) in [4.78, 5) is 15.1. The molecule has 1 amide bonds. The van der Waals surface area contributed by atoms with Crippen LogP contribution in [-0.2, 0) is 32.2 Å². The van der Waals surface area contributed by atoms with Gasteiger partial charge in [0.2, 0.25) is 5.91 Å². The highest BCUT2D eigenvalue weighted by molar-refractivity contribution is 5.92. The van der Waals surface area contributed by atoms with Crippen molar-refractivity contribution in [2.24, 2.45) is 16.6 Å². The number of nitrogens with zero attached hydrogens (tertiary/aromatic N) is 3. The molecule has 0 bridgehead atoms. The standard InChI is InChI=1S/C32H34N6O4/c33-13-16-40-22-27-7-1-25(2-8-27)5-11-29-19-30(12-6-26-3-9-28(10-4-26)23-41-17-14-34)21-31(20-29)37-32(39)24-42-18-15-36-38-35/h1-4,7-10,19-21H,13-18,22-24,33-34H2,(H,37,39). The minimum absolute atomic E-state index is 0.148. The third kappa shape index (κ3) is 12.3. The molecule has 10 heteroatoms. The Morgan fingerprint density at radius 2 is 1.24 bits per heavy atom. The van der Waals surface area contributed by atoms with E-state index in [-0.39, 0.29) is 25.7 Å². The summed E-state index contributed by atoms with van der Waals surface area (Å²) in [5.74, 6) is 12.3. The van der Waals surface area contributed by atoms with Gasteiger partial charge in [0.15, 0.2) is 0 Å². The molecule has 3 aromatic carbocycles. The Bertz CT molecular complexity index is 1370. The van der Waals surface area contributed by atoms with Crippen LogP contribution in [0.1, 0.15) is 33.4 Å². The fourth-order valence-electron chi connectivity index (χ4n) is 3.56. The van der Waals surface area contributed by atoms with Crippen LogP contribution in [0.15, 0.2) is 71.8 Å². The van der Waals surface area contributed by atoms with Crippen molar-refractivity contribution in [1.82, 2.24) is 0 Å². The molecule has 0 saturated carbocycles. The molecule has 0 aromatic heterocycles. The lowest BCUT2D eigenvalue weighted by Gasteiger charge is -2.07. The molecule has 0 radical (unpaired) electrons. The van der Waals surface area contributed by atoms with Crippen LogP contribution >= 0.6 is 0 Å². The van der Waals surface area contributed by atoms with Gasteiger partial charge in [-0.2, -0.15) is 0 Å². The predicted molar refractivity (Wildman–Crippen MR) is 162 cm³/mol. The summed E-state index contributed by atoms with van der Waals surface area (Å²) in [7, 11) is 0. The molecule has 3 aromatic rings. The lowest BCUT2D eigenvalue weighted by Crippen LogP contribution is -2.19. The van der Waals surface area contributed by atoms with E-state index < -0.39 is 0 Å². The summed E-state index contributed by atoms with van der Waals surface area (Å²) in [5.41, 5.74) is 24.9. The molecule has 0 aliphatic heterocycles. The van der Waals surface area contributed by atoms with Crippen LogP contribution in [0.5, 0.6) is 0 Å². The van der Waals surface area contributed by atoms with Gasteiger partial charge in [0.1, 0.15) is 6.61 Å². The number of carbonyl (C=O) groups excluding carboxylic acids is 1. The second-order valence-corrected chi connectivity index (χ2v) is 8.93. The highest BCUT2D eigenvalue weighted by Gasteiger charge is 2.05. The van der Waals surface area contributed by atoms with Crippen LogP contribution in [0.2, 0.25) is 0 Å². The van der Waals surface area contributed by atoms with Gasteiger partial charge in [-0.3, -0.25) is 4.79 Å². The Kier molecular flexibility index (Phi) is 14.2. The zero-order chi connectivity index (χ0) is 29.8. The number of ether oxygens (including phenoxy) is 3. The van der Waals surface area contributed by atoms with Crippen LogP contribution in [0, 0.1) is 23.7 Å². The number of hydrogen-bond donors (Lipinski definition) is 3. The summed E-state index contributed by atoms with van der Waals surface area (Å²) < 4.78 is 16.2. The fraction of sp³-hybridized carbons (Fsp3) is 0.281. The maximum Gasteiger partial charge on any atom is 0.250 e. The first-order valence-electron chi connectivity index (χ1n) is 13.4. The van der Waals surface area contributed by atoms with Gasteiger partial charge in [0.05, 0.1) is 33.0 Å². The molecular weight excluding hydrogens is 532 g/mol. The highest BCUT2D eigenvalue weighted by Crippen LogP contribution is 2.15. The van der Waals surface area contributed by atoms with E-state index in [2.05, 4.69) is 39.0 Å². The third-order valence-electron chi connectivity index (χ3n) is 5.52. The normalized spacial score (nSPS) is 10.0. The largest absolute Gasteiger partial charge is 0.375 e. The van der Waals surface area contributed by atoms with Gasteiger partial charge in [0, 0.05) is 52.5 Å². The minimum atomic E-state index is -0.347. The second kappa shape index (κ2) is 18.7. The van der Waals surface area contributed by atoms with Gasteiger partial charge in [-0.1, -0.05) is 53.1 Å². The van der Waals surface area contributed by atoms with E-state index in [1.165, 1.54) is 0 Å². The summed E-state index contributed by atoms with van der Waals surface area (Å²) in [5, 5.41) is 6.21. The monoisotopic (exact) mass is 566 g/mol. The molecule has 0 aliphatic carbocycles. The summed E-state index contributed by atoms with van der Waals surface area (Å²) >= 11 is 0. The Morgan fingerprint density at radius 1 is 0.738 bits per heavy atom. The highest BCUT2D eigenvalue weighted by atomic mass is 16.5. The number of azide groups is 1. The average molecular weight is 567 g/mol. The molecular formula is C32H34N6O4. The molecule has 0 spiro atoms. The van der Waals surface area contributed by atoms with Crippen molar-refractivity contribution in [2.75, 3.05) is 51.4 Å². The van der Waals surface area contributed by atoms with Gasteiger partial charge in [-0.15, -0.1) is 0 Å². The maximum atomic E-state index is 12.4.